The summed E-state index contributed by atoms with van der Waals surface area (Å²) < 4.78 is 5.57. The van der Waals surface area contributed by atoms with Crippen molar-refractivity contribution in [1.29, 1.82) is 0 Å². The zero-order chi connectivity index (χ0) is 11.5. The minimum absolute atomic E-state index is 0.147. The van der Waals surface area contributed by atoms with E-state index < -0.39 is 0 Å². The van der Waals surface area contributed by atoms with Crippen LogP contribution in [-0.4, -0.2) is 22.1 Å². The summed E-state index contributed by atoms with van der Waals surface area (Å²) in [7, 11) is 1.57. The number of halogens is 1. The molecular formula is C9H8IN3O2S. The molecule has 0 aromatic carbocycles. The highest BCUT2D eigenvalue weighted by molar-refractivity contribution is 14.1. The van der Waals surface area contributed by atoms with Crippen LogP contribution in [0.25, 0.3) is 10.7 Å². The van der Waals surface area contributed by atoms with Crippen LogP contribution in [0.5, 0.6) is 0 Å². The Bertz CT molecular complexity index is 538. The van der Waals surface area contributed by atoms with E-state index >= 15 is 0 Å². The number of ether oxygens (including phenoxy) is 1. The van der Waals surface area contributed by atoms with Gasteiger partial charge in [-0.15, -0.1) is 11.3 Å². The van der Waals surface area contributed by atoms with Gasteiger partial charge in [-0.25, -0.2) is 4.98 Å². The van der Waals surface area contributed by atoms with Crippen molar-refractivity contribution < 1.29 is 4.74 Å². The zero-order valence-corrected chi connectivity index (χ0v) is 11.3. The van der Waals surface area contributed by atoms with E-state index in [9.17, 15) is 4.79 Å². The molecule has 2 aromatic heterocycles. The summed E-state index contributed by atoms with van der Waals surface area (Å²) in [6, 6.07) is 0. The van der Waals surface area contributed by atoms with Crippen LogP contribution in [0.15, 0.2) is 16.5 Å². The van der Waals surface area contributed by atoms with Crippen LogP contribution in [0.3, 0.4) is 0 Å². The average molecular weight is 349 g/mol. The van der Waals surface area contributed by atoms with Crippen LogP contribution in [0.4, 0.5) is 0 Å². The lowest BCUT2D eigenvalue weighted by molar-refractivity contribution is 0.180. The Morgan fingerprint density at radius 1 is 1.62 bits per heavy atom. The van der Waals surface area contributed by atoms with Crippen LogP contribution in [0.2, 0.25) is 0 Å². The van der Waals surface area contributed by atoms with Gasteiger partial charge in [0.15, 0.2) is 5.82 Å². The standard InChI is InChI=1S/C9H8IN3O2S/c1-15-3-5-7(10)9(14)13-8(12-5)6-2-11-4-16-6/h2,4H,3H2,1H3,(H,12,13,14). The molecule has 0 unspecified atom stereocenters. The first-order valence-corrected chi connectivity index (χ1v) is 6.34. The lowest BCUT2D eigenvalue weighted by Crippen LogP contribution is -2.16. The van der Waals surface area contributed by atoms with E-state index in [1.54, 1.807) is 18.8 Å². The normalized spacial score (nSPS) is 10.6. The van der Waals surface area contributed by atoms with E-state index in [4.69, 9.17) is 4.74 Å². The van der Waals surface area contributed by atoms with Crippen LogP contribution in [0, 0.1) is 3.57 Å². The predicted octanol–water partition coefficient (Wildman–Crippen LogP) is 1.64. The number of methoxy groups -OCH3 is 1. The minimum Gasteiger partial charge on any atom is -0.378 e. The molecule has 0 spiro atoms. The third-order valence-electron chi connectivity index (χ3n) is 1.88. The van der Waals surface area contributed by atoms with Crippen molar-refractivity contribution in [2.75, 3.05) is 7.11 Å². The van der Waals surface area contributed by atoms with Gasteiger partial charge < -0.3 is 9.72 Å². The maximum absolute atomic E-state index is 11.7. The van der Waals surface area contributed by atoms with Crippen molar-refractivity contribution >= 4 is 33.9 Å². The molecule has 0 aliphatic heterocycles. The van der Waals surface area contributed by atoms with Gasteiger partial charge >= 0.3 is 0 Å². The Morgan fingerprint density at radius 2 is 2.44 bits per heavy atom. The smallest absolute Gasteiger partial charge is 0.264 e. The number of rotatable bonds is 3. The van der Waals surface area contributed by atoms with Gasteiger partial charge in [-0.05, 0) is 22.6 Å². The van der Waals surface area contributed by atoms with Crippen LogP contribution in [-0.2, 0) is 11.3 Å². The van der Waals surface area contributed by atoms with Gasteiger partial charge in [0.05, 0.1) is 22.7 Å². The van der Waals surface area contributed by atoms with E-state index in [0.717, 1.165) is 4.88 Å². The van der Waals surface area contributed by atoms with Crippen LogP contribution >= 0.6 is 33.9 Å². The topological polar surface area (TPSA) is 67.9 Å². The van der Waals surface area contributed by atoms with Gasteiger partial charge in [0.2, 0.25) is 0 Å². The summed E-state index contributed by atoms with van der Waals surface area (Å²) >= 11 is 3.39. The van der Waals surface area contributed by atoms with E-state index in [1.165, 1.54) is 11.3 Å². The SMILES string of the molecule is COCc1nc(-c2cncs2)[nH]c(=O)c1I. The summed E-state index contributed by atoms with van der Waals surface area (Å²) in [5, 5.41) is 0. The maximum Gasteiger partial charge on any atom is 0.264 e. The number of aromatic amines is 1. The molecule has 5 nitrogen and oxygen atoms in total. The first-order valence-electron chi connectivity index (χ1n) is 4.39. The monoisotopic (exact) mass is 349 g/mol. The Labute approximate surface area is 109 Å². The number of nitrogens with zero attached hydrogens (tertiary/aromatic N) is 2. The second-order valence-electron chi connectivity index (χ2n) is 2.97. The molecule has 0 atom stereocenters. The fourth-order valence-electron chi connectivity index (χ4n) is 1.19. The zero-order valence-electron chi connectivity index (χ0n) is 8.36. The highest BCUT2D eigenvalue weighted by Crippen LogP contribution is 2.19. The van der Waals surface area contributed by atoms with Gasteiger partial charge in [-0.1, -0.05) is 0 Å². The Hall–Kier alpha value is -0.800. The Kier molecular flexibility index (Phi) is 3.66. The van der Waals surface area contributed by atoms with Gasteiger partial charge in [0.1, 0.15) is 3.57 Å². The second-order valence-corrected chi connectivity index (χ2v) is 4.94. The Morgan fingerprint density at radius 3 is 3.06 bits per heavy atom. The van der Waals surface area contributed by atoms with E-state index in [0.29, 0.717) is 21.7 Å². The number of hydrogen-bond acceptors (Lipinski definition) is 5. The van der Waals surface area contributed by atoms with Gasteiger partial charge in [-0.2, -0.15) is 0 Å². The quantitative estimate of drug-likeness (QED) is 0.856. The third-order valence-corrected chi connectivity index (χ3v) is 3.77. The first-order chi connectivity index (χ1) is 7.72. The third kappa shape index (κ3) is 2.30. The highest BCUT2D eigenvalue weighted by atomic mass is 127. The molecular weight excluding hydrogens is 341 g/mol. The molecule has 84 valence electrons. The molecule has 0 saturated carbocycles. The minimum atomic E-state index is -0.147. The number of aromatic nitrogens is 3. The molecule has 0 aliphatic carbocycles. The molecule has 16 heavy (non-hydrogen) atoms. The molecule has 0 saturated heterocycles. The average Bonchev–Trinajstić information content (AvgIpc) is 2.78. The fraction of sp³-hybridized carbons (Fsp3) is 0.222. The van der Waals surface area contributed by atoms with Crippen molar-refractivity contribution in [3.05, 3.63) is 31.3 Å². The summed E-state index contributed by atoms with van der Waals surface area (Å²) in [4.78, 5) is 23.5. The fourth-order valence-corrected chi connectivity index (χ4v) is 2.16. The van der Waals surface area contributed by atoms with Gasteiger partial charge in [0.25, 0.3) is 5.56 Å². The van der Waals surface area contributed by atoms with Crippen molar-refractivity contribution in [2.24, 2.45) is 0 Å². The number of H-pyrrole nitrogens is 1. The molecule has 1 N–H and O–H groups in total. The first kappa shape index (κ1) is 11.7. The summed E-state index contributed by atoms with van der Waals surface area (Å²) in [6.45, 7) is 0.327. The maximum atomic E-state index is 11.7. The summed E-state index contributed by atoms with van der Waals surface area (Å²) in [5.74, 6) is 0.542. The van der Waals surface area contributed by atoms with Gasteiger partial charge in [-0.3, -0.25) is 9.78 Å². The molecule has 0 amide bonds. The molecule has 7 heteroatoms. The van der Waals surface area contributed by atoms with Gasteiger partial charge in [0, 0.05) is 13.3 Å². The number of nitrogens with one attached hydrogen (secondary N) is 1. The van der Waals surface area contributed by atoms with Crippen LogP contribution < -0.4 is 5.56 Å². The Balaban J connectivity index is 2.53. The molecule has 0 radical (unpaired) electrons. The molecule has 0 bridgehead atoms. The highest BCUT2D eigenvalue weighted by Gasteiger charge is 2.10. The van der Waals surface area contributed by atoms with Crippen molar-refractivity contribution in [3.8, 4) is 10.7 Å². The largest absolute Gasteiger partial charge is 0.378 e. The van der Waals surface area contributed by atoms with Crippen molar-refractivity contribution in [2.45, 2.75) is 6.61 Å². The predicted molar refractivity (Wildman–Crippen MR) is 69.4 cm³/mol. The molecule has 0 aliphatic rings. The van der Waals surface area contributed by atoms with E-state index in [2.05, 4.69) is 15.0 Å². The molecule has 2 rings (SSSR count). The van der Waals surface area contributed by atoms with Crippen molar-refractivity contribution in [1.82, 2.24) is 15.0 Å². The van der Waals surface area contributed by atoms with E-state index in [-0.39, 0.29) is 5.56 Å². The number of thiazole rings is 1. The van der Waals surface area contributed by atoms with Crippen LogP contribution in [0.1, 0.15) is 5.69 Å². The molecule has 0 fully saturated rings. The second kappa shape index (κ2) is 5.02. The van der Waals surface area contributed by atoms with Crippen molar-refractivity contribution in [3.63, 3.8) is 0 Å². The lowest BCUT2D eigenvalue weighted by atomic mass is 10.4. The summed E-state index contributed by atoms with van der Waals surface area (Å²) in [6.07, 6.45) is 1.67. The molecule has 2 heterocycles. The lowest BCUT2D eigenvalue weighted by Gasteiger charge is -2.03. The molecule has 2 aromatic rings. The summed E-state index contributed by atoms with van der Waals surface area (Å²) in [5.41, 5.74) is 2.20. The number of hydrogen-bond donors (Lipinski definition) is 1. The van der Waals surface area contributed by atoms with E-state index in [1.807, 2.05) is 22.6 Å².